The molecule has 2 aliphatic rings. The van der Waals surface area contributed by atoms with E-state index in [0.717, 1.165) is 23.5 Å². The number of quaternary nitrogens is 1. The minimum absolute atomic E-state index is 0.0228. The molecule has 2 amide bonds. The number of nitrogens with one attached hydrogen (secondary N) is 3. The van der Waals surface area contributed by atoms with Crippen molar-refractivity contribution in [3.63, 3.8) is 0 Å². The lowest BCUT2D eigenvalue weighted by atomic mass is 10.1. The number of benzene rings is 2. The van der Waals surface area contributed by atoms with Gasteiger partial charge in [-0.2, -0.15) is 0 Å². The van der Waals surface area contributed by atoms with Gasteiger partial charge in [-0.3, -0.25) is 9.59 Å². The van der Waals surface area contributed by atoms with Crippen molar-refractivity contribution in [2.24, 2.45) is 0 Å². The summed E-state index contributed by atoms with van der Waals surface area (Å²) in [5, 5.41) is 5.74. The Labute approximate surface area is 191 Å². The van der Waals surface area contributed by atoms with Crippen molar-refractivity contribution < 1.29 is 28.7 Å². The fraction of sp³-hybridized carbons (Fsp3) is 0.391. The summed E-state index contributed by atoms with van der Waals surface area (Å²) in [7, 11) is 3.20. The van der Waals surface area contributed by atoms with Gasteiger partial charge in [-0.15, -0.1) is 0 Å². The van der Waals surface area contributed by atoms with E-state index in [1.54, 1.807) is 38.1 Å². The molecule has 0 bridgehead atoms. The van der Waals surface area contributed by atoms with E-state index < -0.39 is 0 Å². The summed E-state index contributed by atoms with van der Waals surface area (Å²) in [6, 6.07) is 11.2. The molecule has 0 aromatic heterocycles. The van der Waals surface area contributed by atoms with Gasteiger partial charge in [-0.1, -0.05) is 17.8 Å². The number of rotatable bonds is 7. The van der Waals surface area contributed by atoms with Gasteiger partial charge < -0.3 is 29.7 Å². The van der Waals surface area contributed by atoms with Crippen LogP contribution in [0.4, 0.5) is 5.69 Å². The van der Waals surface area contributed by atoms with Crippen LogP contribution < -0.4 is 25.0 Å². The second-order valence-electron chi connectivity index (χ2n) is 7.66. The number of anilines is 1. The van der Waals surface area contributed by atoms with Crippen molar-refractivity contribution in [1.29, 1.82) is 0 Å². The van der Waals surface area contributed by atoms with Gasteiger partial charge in [0.05, 0.1) is 33.1 Å². The van der Waals surface area contributed by atoms with Gasteiger partial charge >= 0.3 is 0 Å². The van der Waals surface area contributed by atoms with E-state index in [1.165, 1.54) is 4.90 Å². The van der Waals surface area contributed by atoms with Gasteiger partial charge in [0.25, 0.3) is 11.8 Å². The third-order valence-electron chi connectivity index (χ3n) is 5.64. The van der Waals surface area contributed by atoms with Gasteiger partial charge in [0.15, 0.2) is 11.5 Å². The topological polar surface area (TPSA) is 90.3 Å². The average Bonchev–Trinajstić information content (AvgIpc) is 2.83. The maximum Gasteiger partial charge on any atom is 0.294 e. The van der Waals surface area contributed by atoms with Gasteiger partial charge in [0, 0.05) is 17.0 Å². The number of morpholine rings is 1. The Balaban J connectivity index is 1.35. The molecule has 2 heterocycles. The van der Waals surface area contributed by atoms with E-state index in [-0.39, 0.29) is 17.2 Å². The number of hydrogen-bond acceptors (Lipinski definition) is 6. The highest BCUT2D eigenvalue weighted by Gasteiger charge is 2.36. The molecule has 0 spiro atoms. The molecule has 9 heteroatoms. The molecule has 2 aromatic rings. The normalized spacial score (nSPS) is 18.4. The lowest BCUT2D eigenvalue weighted by Crippen LogP contribution is -3.18. The standard InChI is InChI=1S/C23H27N3O5S/c1-29-18-5-3-15(13-19(18)30-2)7-8-24-21(27)16-4-6-20-17(14-16)25-22(28)23(32-20)26-9-11-31-12-10-26/h3-6,13-14,23H,7-12H2,1-2H3,(H,24,27)(H,25,28)/p+1. The fourth-order valence-electron chi connectivity index (χ4n) is 3.87. The van der Waals surface area contributed by atoms with Crippen LogP contribution in [-0.4, -0.2) is 64.3 Å². The largest absolute Gasteiger partial charge is 0.493 e. The molecule has 0 saturated carbocycles. The molecule has 8 nitrogen and oxygen atoms in total. The van der Waals surface area contributed by atoms with Crippen molar-refractivity contribution in [2.75, 3.05) is 52.4 Å². The first-order valence-corrected chi connectivity index (χ1v) is 11.5. The molecular formula is C23H28N3O5S+. The molecule has 1 atom stereocenters. The van der Waals surface area contributed by atoms with Crippen LogP contribution in [0.1, 0.15) is 15.9 Å². The Bertz CT molecular complexity index is 994. The number of thioether (sulfide) groups is 1. The van der Waals surface area contributed by atoms with Gasteiger partial charge in [0.2, 0.25) is 5.37 Å². The van der Waals surface area contributed by atoms with E-state index in [1.807, 2.05) is 24.3 Å². The van der Waals surface area contributed by atoms with Crippen LogP contribution >= 0.6 is 11.8 Å². The lowest BCUT2D eigenvalue weighted by Gasteiger charge is -2.32. The summed E-state index contributed by atoms with van der Waals surface area (Å²) >= 11 is 1.56. The zero-order chi connectivity index (χ0) is 22.5. The number of carbonyl (C=O) groups excluding carboxylic acids is 2. The van der Waals surface area contributed by atoms with Gasteiger partial charge in [-0.05, 0) is 42.3 Å². The molecule has 0 aliphatic carbocycles. The third kappa shape index (κ3) is 5.01. The van der Waals surface area contributed by atoms with Crippen LogP contribution in [0.2, 0.25) is 0 Å². The van der Waals surface area contributed by atoms with E-state index in [9.17, 15) is 9.59 Å². The molecule has 2 aromatic carbocycles. The molecule has 170 valence electrons. The zero-order valence-electron chi connectivity index (χ0n) is 18.2. The van der Waals surface area contributed by atoms with Crippen LogP contribution in [0.15, 0.2) is 41.3 Å². The average molecular weight is 459 g/mol. The second-order valence-corrected chi connectivity index (χ2v) is 8.81. The molecule has 2 aliphatic heterocycles. The number of fused-ring (bicyclic) bond motifs is 1. The van der Waals surface area contributed by atoms with Crippen LogP contribution in [0, 0.1) is 0 Å². The number of amides is 2. The molecule has 1 unspecified atom stereocenters. The van der Waals surface area contributed by atoms with E-state index in [2.05, 4.69) is 10.6 Å². The Morgan fingerprint density at radius 1 is 1.16 bits per heavy atom. The number of methoxy groups -OCH3 is 2. The molecule has 1 saturated heterocycles. The molecule has 32 heavy (non-hydrogen) atoms. The van der Waals surface area contributed by atoms with Crippen molar-refractivity contribution in [3.8, 4) is 11.5 Å². The molecule has 3 N–H and O–H groups in total. The molecule has 1 fully saturated rings. The molecular weight excluding hydrogens is 430 g/mol. The van der Waals surface area contributed by atoms with Crippen LogP contribution in [-0.2, 0) is 16.0 Å². The number of carbonyl (C=O) groups is 2. The van der Waals surface area contributed by atoms with Crippen molar-refractivity contribution in [2.45, 2.75) is 16.7 Å². The maximum absolute atomic E-state index is 12.7. The van der Waals surface area contributed by atoms with Crippen LogP contribution in [0.3, 0.4) is 0 Å². The first-order chi connectivity index (χ1) is 15.6. The highest BCUT2D eigenvalue weighted by Crippen LogP contribution is 2.34. The van der Waals surface area contributed by atoms with Crippen molar-refractivity contribution in [1.82, 2.24) is 5.32 Å². The summed E-state index contributed by atoms with van der Waals surface area (Å²) in [4.78, 5) is 27.5. The summed E-state index contributed by atoms with van der Waals surface area (Å²) in [5.74, 6) is 1.14. The highest BCUT2D eigenvalue weighted by molar-refractivity contribution is 8.00. The van der Waals surface area contributed by atoms with Crippen molar-refractivity contribution in [3.05, 3.63) is 47.5 Å². The van der Waals surface area contributed by atoms with E-state index >= 15 is 0 Å². The van der Waals surface area contributed by atoms with E-state index in [4.69, 9.17) is 14.2 Å². The predicted octanol–water partition coefficient (Wildman–Crippen LogP) is 0.962. The maximum atomic E-state index is 12.7. The monoisotopic (exact) mass is 458 g/mol. The zero-order valence-corrected chi connectivity index (χ0v) is 19.1. The number of ether oxygens (including phenoxy) is 3. The second kappa shape index (κ2) is 10.2. The smallest absolute Gasteiger partial charge is 0.294 e. The van der Waals surface area contributed by atoms with Gasteiger partial charge in [-0.25, -0.2) is 0 Å². The quantitative estimate of drug-likeness (QED) is 0.573. The summed E-state index contributed by atoms with van der Waals surface area (Å²) < 4.78 is 16.0. The first kappa shape index (κ1) is 22.4. The van der Waals surface area contributed by atoms with Crippen LogP contribution in [0.25, 0.3) is 0 Å². The highest BCUT2D eigenvalue weighted by atomic mass is 32.2. The third-order valence-corrected chi connectivity index (χ3v) is 7.03. The fourth-order valence-corrected chi connectivity index (χ4v) is 5.08. The summed E-state index contributed by atoms with van der Waals surface area (Å²) in [5.41, 5.74) is 2.25. The Kier molecular flexibility index (Phi) is 7.19. The van der Waals surface area contributed by atoms with E-state index in [0.29, 0.717) is 48.9 Å². The minimum Gasteiger partial charge on any atom is -0.493 e. The predicted molar refractivity (Wildman–Crippen MR) is 122 cm³/mol. The lowest BCUT2D eigenvalue weighted by molar-refractivity contribution is -0.909. The summed E-state index contributed by atoms with van der Waals surface area (Å²) in [6.45, 7) is 3.47. The van der Waals surface area contributed by atoms with Gasteiger partial charge in [0.1, 0.15) is 13.1 Å². The Morgan fingerprint density at radius 2 is 1.94 bits per heavy atom. The Hall–Kier alpha value is -2.75. The molecule has 4 rings (SSSR count). The number of hydrogen-bond donors (Lipinski definition) is 3. The molecule has 0 radical (unpaired) electrons. The van der Waals surface area contributed by atoms with Crippen LogP contribution in [0.5, 0.6) is 11.5 Å². The Morgan fingerprint density at radius 3 is 2.69 bits per heavy atom. The first-order valence-electron chi connectivity index (χ1n) is 10.6. The summed E-state index contributed by atoms with van der Waals surface area (Å²) in [6.07, 6.45) is 0.660. The SMILES string of the molecule is COc1ccc(CCNC(=O)c2ccc3c(c2)NC(=O)C([NH+]2CCOCC2)S3)cc1OC. The van der Waals surface area contributed by atoms with Crippen molar-refractivity contribution >= 4 is 29.3 Å². The minimum atomic E-state index is -0.187.